The number of ether oxygens (including phenoxy) is 3. The summed E-state index contributed by atoms with van der Waals surface area (Å²) < 4.78 is 20.5. The van der Waals surface area contributed by atoms with Crippen LogP contribution in [0.4, 0.5) is 0 Å². The zero-order valence-corrected chi connectivity index (χ0v) is 11.8. The Labute approximate surface area is 121 Å². The maximum Gasteiger partial charge on any atom is 0.338 e. The molecule has 21 heavy (non-hydrogen) atoms. The topological polar surface area (TPSA) is 75.0 Å². The van der Waals surface area contributed by atoms with E-state index in [2.05, 4.69) is 0 Å². The minimum atomic E-state index is -0.546. The van der Waals surface area contributed by atoms with Gasteiger partial charge in [-0.1, -0.05) is 0 Å². The zero-order chi connectivity index (χ0) is 15.4. The molecule has 0 saturated heterocycles. The highest BCUT2D eigenvalue weighted by atomic mass is 16.5. The van der Waals surface area contributed by atoms with Crippen molar-refractivity contribution >= 4 is 12.3 Å². The third-order valence-electron chi connectivity index (χ3n) is 2.94. The van der Waals surface area contributed by atoms with Crippen LogP contribution in [0.5, 0.6) is 11.5 Å². The number of methoxy groups -OCH3 is 3. The van der Waals surface area contributed by atoms with Crippen LogP contribution in [0.2, 0.25) is 0 Å². The first-order chi connectivity index (χ1) is 10.1. The van der Waals surface area contributed by atoms with Gasteiger partial charge in [0.05, 0.1) is 26.9 Å². The molecule has 0 aliphatic carbocycles. The quantitative estimate of drug-likeness (QED) is 0.622. The van der Waals surface area contributed by atoms with Crippen LogP contribution in [-0.4, -0.2) is 33.6 Å². The Morgan fingerprint density at radius 3 is 2.29 bits per heavy atom. The van der Waals surface area contributed by atoms with Crippen LogP contribution in [-0.2, 0) is 4.74 Å². The lowest BCUT2D eigenvalue weighted by Crippen LogP contribution is -2.05. The molecule has 2 aromatic rings. The molecule has 0 saturated carbocycles. The molecular weight excluding hydrogens is 276 g/mol. The second-order valence-corrected chi connectivity index (χ2v) is 4.06. The standard InChI is InChI=1S/C15H14O6/c1-18-13-6-10(12-5-4-9(8-16)21-12)11(15(17)20-3)7-14(13)19-2/h4-8H,1-3H3. The van der Waals surface area contributed by atoms with E-state index in [9.17, 15) is 9.59 Å². The lowest BCUT2D eigenvalue weighted by atomic mass is 10.0. The fourth-order valence-corrected chi connectivity index (χ4v) is 1.92. The monoisotopic (exact) mass is 290 g/mol. The van der Waals surface area contributed by atoms with E-state index in [4.69, 9.17) is 18.6 Å². The van der Waals surface area contributed by atoms with Gasteiger partial charge in [0.25, 0.3) is 0 Å². The molecule has 6 nitrogen and oxygen atoms in total. The number of hydrogen-bond acceptors (Lipinski definition) is 6. The van der Waals surface area contributed by atoms with Crippen molar-refractivity contribution in [2.45, 2.75) is 0 Å². The summed E-state index contributed by atoms with van der Waals surface area (Å²) in [6.07, 6.45) is 0.585. The molecule has 0 spiro atoms. The van der Waals surface area contributed by atoms with Crippen LogP contribution in [0, 0.1) is 0 Å². The van der Waals surface area contributed by atoms with Crippen molar-refractivity contribution < 1.29 is 28.2 Å². The van der Waals surface area contributed by atoms with E-state index in [0.29, 0.717) is 29.1 Å². The van der Waals surface area contributed by atoms with Crippen LogP contribution < -0.4 is 9.47 Å². The molecule has 0 N–H and O–H groups in total. The first-order valence-electron chi connectivity index (χ1n) is 6.04. The number of hydrogen-bond donors (Lipinski definition) is 0. The third-order valence-corrected chi connectivity index (χ3v) is 2.94. The Hall–Kier alpha value is -2.76. The number of rotatable bonds is 5. The van der Waals surface area contributed by atoms with E-state index < -0.39 is 5.97 Å². The fraction of sp³-hybridized carbons (Fsp3) is 0.200. The minimum Gasteiger partial charge on any atom is -0.493 e. The van der Waals surface area contributed by atoms with E-state index >= 15 is 0 Å². The number of carbonyl (C=O) groups excluding carboxylic acids is 2. The number of benzene rings is 1. The van der Waals surface area contributed by atoms with Gasteiger partial charge < -0.3 is 18.6 Å². The Kier molecular flexibility index (Phi) is 4.27. The minimum absolute atomic E-state index is 0.163. The molecule has 0 unspecified atom stereocenters. The summed E-state index contributed by atoms with van der Waals surface area (Å²) in [5, 5.41) is 0. The van der Waals surface area contributed by atoms with E-state index in [0.717, 1.165) is 0 Å². The number of furan rings is 1. The van der Waals surface area contributed by atoms with Gasteiger partial charge >= 0.3 is 5.97 Å². The first-order valence-corrected chi connectivity index (χ1v) is 6.04. The third kappa shape index (κ3) is 2.74. The van der Waals surface area contributed by atoms with Crippen LogP contribution >= 0.6 is 0 Å². The molecule has 1 heterocycles. The zero-order valence-electron chi connectivity index (χ0n) is 11.8. The Morgan fingerprint density at radius 1 is 1.10 bits per heavy atom. The van der Waals surface area contributed by atoms with Gasteiger partial charge in [0.15, 0.2) is 23.5 Å². The van der Waals surface area contributed by atoms with Gasteiger partial charge in [-0.3, -0.25) is 4.79 Å². The maximum atomic E-state index is 11.9. The molecule has 1 aromatic carbocycles. The first kappa shape index (κ1) is 14.6. The summed E-state index contributed by atoms with van der Waals surface area (Å²) in [4.78, 5) is 22.6. The van der Waals surface area contributed by atoms with Gasteiger partial charge in [0.1, 0.15) is 5.76 Å². The largest absolute Gasteiger partial charge is 0.493 e. The Morgan fingerprint density at radius 2 is 1.76 bits per heavy atom. The molecule has 110 valence electrons. The molecular formula is C15H14O6. The highest BCUT2D eigenvalue weighted by molar-refractivity contribution is 5.97. The van der Waals surface area contributed by atoms with Crippen molar-refractivity contribution in [1.82, 2.24) is 0 Å². The molecule has 0 atom stereocenters. The number of carbonyl (C=O) groups is 2. The Bertz CT molecular complexity index is 671. The maximum absolute atomic E-state index is 11.9. The van der Waals surface area contributed by atoms with E-state index in [1.165, 1.54) is 33.5 Å². The highest BCUT2D eigenvalue weighted by Crippen LogP contribution is 2.36. The molecule has 0 radical (unpaired) electrons. The van der Waals surface area contributed by atoms with Gasteiger partial charge in [-0.05, 0) is 24.3 Å². The normalized spacial score (nSPS) is 10.0. The van der Waals surface area contributed by atoms with Gasteiger partial charge in [-0.2, -0.15) is 0 Å². The SMILES string of the molecule is COC(=O)c1cc(OC)c(OC)cc1-c1ccc(C=O)o1. The van der Waals surface area contributed by atoms with Crippen LogP contribution in [0.3, 0.4) is 0 Å². The van der Waals surface area contributed by atoms with Crippen molar-refractivity contribution in [3.63, 3.8) is 0 Å². The lowest BCUT2D eigenvalue weighted by molar-refractivity contribution is 0.0601. The molecule has 0 aliphatic heterocycles. The fourth-order valence-electron chi connectivity index (χ4n) is 1.92. The average molecular weight is 290 g/mol. The summed E-state index contributed by atoms with van der Waals surface area (Å²) in [5.74, 6) is 0.803. The van der Waals surface area contributed by atoms with Crippen molar-refractivity contribution in [2.24, 2.45) is 0 Å². The summed E-state index contributed by atoms with van der Waals surface area (Å²) >= 11 is 0. The molecule has 2 rings (SSSR count). The van der Waals surface area contributed by atoms with Crippen LogP contribution in [0.1, 0.15) is 20.9 Å². The average Bonchev–Trinajstić information content (AvgIpc) is 3.01. The van der Waals surface area contributed by atoms with Crippen molar-refractivity contribution in [2.75, 3.05) is 21.3 Å². The van der Waals surface area contributed by atoms with Gasteiger partial charge in [-0.15, -0.1) is 0 Å². The van der Waals surface area contributed by atoms with Crippen molar-refractivity contribution in [3.05, 3.63) is 35.6 Å². The molecule has 0 fully saturated rings. The smallest absolute Gasteiger partial charge is 0.338 e. The van der Waals surface area contributed by atoms with Gasteiger partial charge in [0.2, 0.25) is 0 Å². The van der Waals surface area contributed by atoms with E-state index in [-0.39, 0.29) is 11.3 Å². The summed E-state index contributed by atoms with van der Waals surface area (Å²) in [7, 11) is 4.23. The highest BCUT2D eigenvalue weighted by Gasteiger charge is 2.20. The molecule has 6 heteroatoms. The Balaban J connectivity index is 2.66. The van der Waals surface area contributed by atoms with Crippen molar-refractivity contribution in [3.8, 4) is 22.8 Å². The van der Waals surface area contributed by atoms with E-state index in [1.54, 1.807) is 12.1 Å². The molecule has 0 aliphatic rings. The van der Waals surface area contributed by atoms with E-state index in [1.807, 2.05) is 0 Å². The summed E-state index contributed by atoms with van der Waals surface area (Å²) in [6.45, 7) is 0. The molecule has 0 amide bonds. The summed E-state index contributed by atoms with van der Waals surface area (Å²) in [6, 6.07) is 6.21. The molecule has 1 aromatic heterocycles. The predicted molar refractivity (Wildman–Crippen MR) is 74.0 cm³/mol. The second-order valence-electron chi connectivity index (χ2n) is 4.06. The van der Waals surface area contributed by atoms with Crippen molar-refractivity contribution in [1.29, 1.82) is 0 Å². The second kappa shape index (κ2) is 6.13. The predicted octanol–water partition coefficient (Wildman–Crippen LogP) is 2.56. The molecule has 0 bridgehead atoms. The summed E-state index contributed by atoms with van der Waals surface area (Å²) in [5.41, 5.74) is 0.703. The van der Waals surface area contributed by atoms with Crippen LogP contribution in [0.25, 0.3) is 11.3 Å². The van der Waals surface area contributed by atoms with Gasteiger partial charge in [-0.25, -0.2) is 4.79 Å². The number of aldehydes is 1. The van der Waals surface area contributed by atoms with Crippen LogP contribution in [0.15, 0.2) is 28.7 Å². The lowest BCUT2D eigenvalue weighted by Gasteiger charge is -2.12. The number of esters is 1. The van der Waals surface area contributed by atoms with Gasteiger partial charge in [0, 0.05) is 5.56 Å².